The maximum atomic E-state index is 11.1. The number of carbonyl (C=O) groups excluding carboxylic acids is 2. The van der Waals surface area contributed by atoms with Crippen molar-refractivity contribution in [2.45, 2.75) is 54.0 Å². The summed E-state index contributed by atoms with van der Waals surface area (Å²) < 4.78 is 25.9. The van der Waals surface area contributed by atoms with E-state index in [9.17, 15) is 9.59 Å². The highest BCUT2D eigenvalue weighted by Crippen LogP contribution is 2.22. The third-order valence-corrected chi connectivity index (χ3v) is 2.52. The monoisotopic (exact) mass is 306 g/mol. The van der Waals surface area contributed by atoms with Crippen molar-refractivity contribution in [2.24, 2.45) is 11.3 Å². The molecule has 1 saturated heterocycles. The van der Waals surface area contributed by atoms with Gasteiger partial charge < -0.3 is 18.9 Å². The zero-order chi connectivity index (χ0) is 17.2. The maximum absolute atomic E-state index is 11.1. The molecule has 0 aromatic carbocycles. The molecule has 0 saturated carbocycles. The summed E-state index contributed by atoms with van der Waals surface area (Å²) in [6, 6.07) is 0. The molecule has 1 aliphatic heterocycles. The number of carbonyl (C=O) groups is 2. The second-order valence-corrected chi connectivity index (χ2v) is 6.03. The van der Waals surface area contributed by atoms with Crippen LogP contribution in [0.1, 0.15) is 49.3 Å². The summed E-state index contributed by atoms with van der Waals surface area (Å²) in [7, 11) is 0. The molecular formula is C15H28O6. The van der Waals surface area contributed by atoms with Crippen LogP contribution in [0, 0.1) is 11.3 Å². The zero-order valence-electron chi connectivity index (χ0n) is 14.6. The lowest BCUT2D eigenvalue weighted by molar-refractivity contribution is -0.0814. The van der Waals surface area contributed by atoms with E-state index in [1.165, 1.54) is 0 Å². The highest BCUT2D eigenvalue weighted by molar-refractivity contribution is 5.61. The SMILES string of the molecule is CC(C)OC(=O)OCC1(C)COC(=O)OC1.[3H]CCC(C)C. The van der Waals surface area contributed by atoms with Gasteiger partial charge in [0.05, 0.1) is 11.5 Å². The lowest BCUT2D eigenvalue weighted by Gasteiger charge is -2.31. The molecular weight excluding hydrogens is 276 g/mol. The van der Waals surface area contributed by atoms with Crippen LogP contribution in [0.25, 0.3) is 0 Å². The molecule has 0 radical (unpaired) electrons. The van der Waals surface area contributed by atoms with Gasteiger partial charge in [-0.1, -0.05) is 27.2 Å². The molecule has 1 aliphatic rings. The Hall–Kier alpha value is -1.46. The number of hydrogen-bond donors (Lipinski definition) is 0. The molecule has 6 nitrogen and oxygen atoms in total. The Morgan fingerprint density at radius 3 is 2.29 bits per heavy atom. The van der Waals surface area contributed by atoms with Gasteiger partial charge in [0.1, 0.15) is 19.8 Å². The molecule has 1 rings (SSSR count). The lowest BCUT2D eigenvalue weighted by atomic mass is 9.94. The highest BCUT2D eigenvalue weighted by atomic mass is 16.7. The van der Waals surface area contributed by atoms with Crippen LogP contribution in [0.4, 0.5) is 9.59 Å². The van der Waals surface area contributed by atoms with Crippen LogP contribution in [0.15, 0.2) is 0 Å². The Morgan fingerprint density at radius 2 is 1.90 bits per heavy atom. The molecule has 1 fully saturated rings. The van der Waals surface area contributed by atoms with Crippen molar-refractivity contribution < 1.29 is 29.9 Å². The fourth-order valence-electron chi connectivity index (χ4n) is 1.09. The Balaban J connectivity index is 0.000000626. The third kappa shape index (κ3) is 9.98. The molecule has 0 N–H and O–H groups in total. The smallest absolute Gasteiger partial charge is 0.433 e. The van der Waals surface area contributed by atoms with Crippen molar-refractivity contribution in [3.8, 4) is 0 Å². The van der Waals surface area contributed by atoms with E-state index >= 15 is 0 Å². The lowest BCUT2D eigenvalue weighted by Crippen LogP contribution is -2.41. The average Bonchev–Trinajstić information content (AvgIpc) is 2.40. The second kappa shape index (κ2) is 9.47. The molecule has 0 amide bonds. The molecule has 0 spiro atoms. The summed E-state index contributed by atoms with van der Waals surface area (Å²) in [6.45, 7) is 10.5. The fourth-order valence-corrected chi connectivity index (χ4v) is 1.09. The van der Waals surface area contributed by atoms with Crippen molar-refractivity contribution in [2.75, 3.05) is 19.8 Å². The summed E-state index contributed by atoms with van der Waals surface area (Å²) in [4.78, 5) is 21.8. The Kier molecular flexibility index (Phi) is 7.93. The predicted octanol–water partition coefficient (Wildman–Crippen LogP) is 3.77. The van der Waals surface area contributed by atoms with Crippen LogP contribution in [-0.2, 0) is 18.9 Å². The zero-order valence-corrected chi connectivity index (χ0v) is 13.6. The minimum atomic E-state index is -0.729. The van der Waals surface area contributed by atoms with Crippen LogP contribution < -0.4 is 0 Å². The minimum absolute atomic E-state index is 0.0891. The van der Waals surface area contributed by atoms with E-state index in [1.807, 2.05) is 0 Å². The fraction of sp³-hybridized carbons (Fsp3) is 0.867. The van der Waals surface area contributed by atoms with Gasteiger partial charge in [0, 0.05) is 1.37 Å². The maximum Gasteiger partial charge on any atom is 0.508 e. The van der Waals surface area contributed by atoms with E-state index < -0.39 is 17.7 Å². The second-order valence-electron chi connectivity index (χ2n) is 6.03. The van der Waals surface area contributed by atoms with E-state index in [-0.39, 0.29) is 25.9 Å². The van der Waals surface area contributed by atoms with Crippen molar-refractivity contribution in [1.82, 2.24) is 0 Å². The van der Waals surface area contributed by atoms with Crippen LogP contribution in [0.3, 0.4) is 0 Å². The predicted molar refractivity (Wildman–Crippen MR) is 78.1 cm³/mol. The molecule has 0 unspecified atom stereocenters. The summed E-state index contributed by atoms with van der Waals surface area (Å²) >= 11 is 0. The first kappa shape index (κ1) is 17.6. The molecule has 124 valence electrons. The minimum Gasteiger partial charge on any atom is -0.433 e. The summed E-state index contributed by atoms with van der Waals surface area (Å²) in [5.41, 5.74) is -0.510. The Labute approximate surface area is 128 Å². The number of cyclic esters (lactones) is 2. The third-order valence-electron chi connectivity index (χ3n) is 2.52. The van der Waals surface area contributed by atoms with Crippen molar-refractivity contribution in [3.05, 3.63) is 0 Å². The highest BCUT2D eigenvalue weighted by Gasteiger charge is 2.35. The van der Waals surface area contributed by atoms with Crippen molar-refractivity contribution in [3.63, 3.8) is 0 Å². The molecule has 1 heterocycles. The summed E-state index contributed by atoms with van der Waals surface area (Å²) in [5, 5.41) is 0. The number of rotatable bonds is 4. The Morgan fingerprint density at radius 1 is 1.33 bits per heavy atom. The first-order chi connectivity index (χ1) is 10.2. The van der Waals surface area contributed by atoms with E-state index in [0.29, 0.717) is 12.8 Å². The van der Waals surface area contributed by atoms with Gasteiger partial charge in [-0.3, -0.25) is 0 Å². The van der Waals surface area contributed by atoms with E-state index in [1.54, 1.807) is 20.8 Å². The van der Waals surface area contributed by atoms with Gasteiger partial charge >= 0.3 is 12.3 Å². The van der Waals surface area contributed by atoms with Crippen molar-refractivity contribution in [1.29, 1.82) is 0 Å². The van der Waals surface area contributed by atoms with Gasteiger partial charge in [0.2, 0.25) is 0 Å². The molecule has 0 bridgehead atoms. The van der Waals surface area contributed by atoms with Crippen molar-refractivity contribution >= 4 is 12.3 Å². The first-order valence-electron chi connectivity index (χ1n) is 7.81. The first-order valence-corrected chi connectivity index (χ1v) is 7.10. The van der Waals surface area contributed by atoms with Gasteiger partial charge in [-0.15, -0.1) is 0 Å². The number of hydrogen-bond acceptors (Lipinski definition) is 6. The molecule has 0 aromatic heterocycles. The summed E-state index contributed by atoms with van der Waals surface area (Å²) in [6.07, 6.45) is -0.601. The molecule has 6 heteroatoms. The van der Waals surface area contributed by atoms with E-state index in [0.717, 1.165) is 6.42 Å². The van der Waals surface area contributed by atoms with Gasteiger partial charge in [0.15, 0.2) is 0 Å². The summed E-state index contributed by atoms with van der Waals surface area (Å²) in [5.74, 6) is 0.711. The number of ether oxygens (including phenoxy) is 4. The van der Waals surface area contributed by atoms with Crippen LogP contribution in [0.2, 0.25) is 0 Å². The molecule has 0 aliphatic carbocycles. The molecule has 0 aromatic rings. The average molecular weight is 306 g/mol. The topological polar surface area (TPSA) is 71.1 Å². The van der Waals surface area contributed by atoms with Gasteiger partial charge in [-0.2, -0.15) is 0 Å². The van der Waals surface area contributed by atoms with Crippen LogP contribution >= 0.6 is 0 Å². The largest absolute Gasteiger partial charge is 0.508 e. The van der Waals surface area contributed by atoms with Crippen LogP contribution in [0.5, 0.6) is 0 Å². The molecule has 0 atom stereocenters. The quantitative estimate of drug-likeness (QED) is 0.736. The van der Waals surface area contributed by atoms with E-state index in [4.69, 9.17) is 20.3 Å². The molecule has 21 heavy (non-hydrogen) atoms. The van der Waals surface area contributed by atoms with Gasteiger partial charge in [-0.05, 0) is 26.7 Å². The standard InChI is InChI=1S/C10H16O6.C5H12/c1-7(2)16-9(12)15-6-10(3)4-13-8(11)14-5-10;1-4-5(2)3/h7H,4-6H2,1-3H3;5H,4H2,1-3H3/i;1T. The van der Waals surface area contributed by atoms with Crippen LogP contribution in [-0.4, -0.2) is 38.2 Å². The van der Waals surface area contributed by atoms with E-state index in [2.05, 4.69) is 13.8 Å². The Bertz CT molecular complexity index is 333. The van der Waals surface area contributed by atoms with Gasteiger partial charge in [0.25, 0.3) is 0 Å². The normalized spacial score (nSPS) is 17.1. The van der Waals surface area contributed by atoms with Gasteiger partial charge in [-0.25, -0.2) is 9.59 Å².